The molecule has 0 saturated heterocycles. The number of nitrogens with one attached hydrogen (secondary N) is 2. The Bertz CT molecular complexity index is 1130. The highest BCUT2D eigenvalue weighted by molar-refractivity contribution is 6.10. The maximum Gasteiger partial charge on any atom is 0.310 e. The van der Waals surface area contributed by atoms with Crippen LogP contribution in [0.1, 0.15) is 15.9 Å². The van der Waals surface area contributed by atoms with Crippen molar-refractivity contribution in [3.63, 3.8) is 0 Å². The minimum absolute atomic E-state index is 0.0255. The number of nitro benzene ring substituents is 1. The van der Waals surface area contributed by atoms with E-state index in [4.69, 9.17) is 4.74 Å². The second kappa shape index (κ2) is 9.49. The van der Waals surface area contributed by atoms with E-state index >= 15 is 0 Å². The molecule has 3 aromatic carbocycles. The fourth-order valence-corrected chi connectivity index (χ4v) is 2.74. The van der Waals surface area contributed by atoms with E-state index < -0.39 is 29.2 Å². The predicted octanol–water partition coefficient (Wildman–Crippen LogP) is 4.31. The number of para-hydroxylation sites is 1. The SMILES string of the molecule is Cc1ccc([N+](=O)[O-])c(OCC(=O)Nc2ccccc2C(=O)Nc2ccc(F)cc2)c1. The van der Waals surface area contributed by atoms with Crippen molar-refractivity contribution in [3.8, 4) is 5.75 Å². The van der Waals surface area contributed by atoms with E-state index in [1.165, 1.54) is 48.5 Å². The molecule has 31 heavy (non-hydrogen) atoms. The zero-order valence-electron chi connectivity index (χ0n) is 16.4. The van der Waals surface area contributed by atoms with Crippen LogP contribution in [0, 0.1) is 22.9 Å². The molecule has 158 valence electrons. The molecule has 0 aliphatic heterocycles. The Labute approximate surface area is 176 Å². The van der Waals surface area contributed by atoms with E-state index in [-0.39, 0.29) is 22.7 Å². The van der Waals surface area contributed by atoms with Crippen LogP contribution >= 0.6 is 0 Å². The molecular formula is C22H18FN3O5. The molecule has 0 aromatic heterocycles. The molecule has 0 unspecified atom stereocenters. The number of benzene rings is 3. The fraction of sp³-hybridized carbons (Fsp3) is 0.0909. The molecule has 2 N–H and O–H groups in total. The Morgan fingerprint density at radius 2 is 1.74 bits per heavy atom. The van der Waals surface area contributed by atoms with E-state index in [2.05, 4.69) is 10.6 Å². The first-order valence-corrected chi connectivity index (χ1v) is 9.17. The van der Waals surface area contributed by atoms with Crippen LogP contribution in [0.4, 0.5) is 21.5 Å². The lowest BCUT2D eigenvalue weighted by atomic mass is 10.1. The summed E-state index contributed by atoms with van der Waals surface area (Å²) in [5, 5.41) is 16.3. The van der Waals surface area contributed by atoms with E-state index in [0.717, 1.165) is 5.56 Å². The number of anilines is 2. The number of halogens is 1. The first-order valence-electron chi connectivity index (χ1n) is 9.17. The van der Waals surface area contributed by atoms with Crippen LogP contribution in [-0.4, -0.2) is 23.3 Å². The fourth-order valence-electron chi connectivity index (χ4n) is 2.74. The van der Waals surface area contributed by atoms with Crippen molar-refractivity contribution in [1.82, 2.24) is 0 Å². The third kappa shape index (κ3) is 5.63. The maximum absolute atomic E-state index is 13.0. The molecule has 3 aromatic rings. The van der Waals surface area contributed by atoms with Gasteiger partial charge in [-0.25, -0.2) is 4.39 Å². The van der Waals surface area contributed by atoms with Crippen molar-refractivity contribution >= 4 is 28.9 Å². The van der Waals surface area contributed by atoms with Crippen LogP contribution in [0.25, 0.3) is 0 Å². The molecule has 0 aliphatic carbocycles. The van der Waals surface area contributed by atoms with E-state index in [0.29, 0.717) is 5.69 Å². The van der Waals surface area contributed by atoms with Crippen molar-refractivity contribution in [2.75, 3.05) is 17.2 Å². The van der Waals surface area contributed by atoms with Crippen molar-refractivity contribution in [2.24, 2.45) is 0 Å². The standard InChI is InChI=1S/C22H18FN3O5/c1-14-6-11-19(26(29)30)20(12-14)31-13-21(27)25-18-5-3-2-4-17(18)22(28)24-16-9-7-15(23)8-10-16/h2-12H,13H2,1H3,(H,24,28)(H,25,27). The molecule has 9 heteroatoms. The van der Waals surface area contributed by atoms with Crippen LogP contribution in [0.3, 0.4) is 0 Å². The zero-order valence-corrected chi connectivity index (χ0v) is 16.4. The summed E-state index contributed by atoms with van der Waals surface area (Å²) in [6.07, 6.45) is 0. The molecule has 2 amide bonds. The van der Waals surface area contributed by atoms with Gasteiger partial charge in [0.2, 0.25) is 0 Å². The van der Waals surface area contributed by atoms with Crippen molar-refractivity contribution in [3.05, 3.63) is 93.8 Å². The summed E-state index contributed by atoms with van der Waals surface area (Å²) in [5.74, 6) is -1.56. The Hall–Kier alpha value is -4.27. The number of rotatable bonds is 7. The number of nitrogens with zero attached hydrogens (tertiary/aromatic N) is 1. The first-order chi connectivity index (χ1) is 14.8. The van der Waals surface area contributed by atoms with Crippen LogP contribution in [-0.2, 0) is 4.79 Å². The second-order valence-corrected chi connectivity index (χ2v) is 6.57. The van der Waals surface area contributed by atoms with Crippen LogP contribution in [0.5, 0.6) is 5.75 Å². The zero-order chi connectivity index (χ0) is 22.4. The molecule has 8 nitrogen and oxygen atoms in total. The number of ether oxygens (including phenoxy) is 1. The molecule has 0 heterocycles. The predicted molar refractivity (Wildman–Crippen MR) is 113 cm³/mol. The normalized spacial score (nSPS) is 10.3. The third-order valence-electron chi connectivity index (χ3n) is 4.22. The van der Waals surface area contributed by atoms with E-state index in [1.807, 2.05) is 0 Å². The molecule has 0 atom stereocenters. The van der Waals surface area contributed by atoms with Gasteiger partial charge in [0.05, 0.1) is 16.2 Å². The first kappa shape index (κ1) is 21.4. The number of hydrogen-bond donors (Lipinski definition) is 2. The van der Waals surface area contributed by atoms with Gasteiger partial charge >= 0.3 is 5.69 Å². The Morgan fingerprint density at radius 3 is 2.45 bits per heavy atom. The smallest absolute Gasteiger partial charge is 0.310 e. The number of carbonyl (C=O) groups is 2. The number of aryl methyl sites for hydroxylation is 1. The summed E-state index contributed by atoms with van der Waals surface area (Å²) < 4.78 is 18.4. The van der Waals surface area contributed by atoms with Gasteiger partial charge in [0.25, 0.3) is 11.8 Å². The van der Waals surface area contributed by atoms with Gasteiger partial charge < -0.3 is 15.4 Å². The summed E-state index contributed by atoms with van der Waals surface area (Å²) in [7, 11) is 0. The molecule has 3 rings (SSSR count). The molecule has 0 fully saturated rings. The Kier molecular flexibility index (Phi) is 6.56. The molecule has 0 radical (unpaired) electrons. The van der Waals surface area contributed by atoms with Gasteiger partial charge in [-0.1, -0.05) is 18.2 Å². The molecule has 0 bridgehead atoms. The topological polar surface area (TPSA) is 111 Å². The van der Waals surface area contributed by atoms with Crippen LogP contribution in [0.15, 0.2) is 66.7 Å². The van der Waals surface area contributed by atoms with Gasteiger partial charge in [0.1, 0.15) is 5.82 Å². The lowest BCUT2D eigenvalue weighted by Crippen LogP contribution is -2.23. The minimum atomic E-state index is -0.599. The Morgan fingerprint density at radius 1 is 1.03 bits per heavy atom. The molecule has 0 saturated carbocycles. The van der Waals surface area contributed by atoms with Crippen molar-refractivity contribution in [1.29, 1.82) is 0 Å². The number of nitro groups is 1. The second-order valence-electron chi connectivity index (χ2n) is 6.57. The summed E-state index contributed by atoms with van der Waals surface area (Å²) in [5.41, 5.74) is 1.29. The average Bonchev–Trinajstić information content (AvgIpc) is 2.74. The summed E-state index contributed by atoms with van der Waals surface area (Å²) >= 11 is 0. The quantitative estimate of drug-likeness (QED) is 0.435. The number of carbonyl (C=O) groups excluding carboxylic acids is 2. The summed E-state index contributed by atoms with van der Waals surface area (Å²) in [6, 6.07) is 15.9. The van der Waals surface area contributed by atoms with Gasteiger partial charge in [0, 0.05) is 11.8 Å². The maximum atomic E-state index is 13.0. The summed E-state index contributed by atoms with van der Waals surface area (Å²) in [4.78, 5) is 35.4. The number of hydrogen-bond acceptors (Lipinski definition) is 5. The van der Waals surface area contributed by atoms with E-state index in [1.54, 1.807) is 25.1 Å². The van der Waals surface area contributed by atoms with Gasteiger partial charge in [-0.2, -0.15) is 0 Å². The van der Waals surface area contributed by atoms with E-state index in [9.17, 15) is 24.1 Å². The minimum Gasteiger partial charge on any atom is -0.477 e. The highest BCUT2D eigenvalue weighted by atomic mass is 19.1. The average molecular weight is 423 g/mol. The largest absolute Gasteiger partial charge is 0.477 e. The highest BCUT2D eigenvalue weighted by Gasteiger charge is 2.17. The highest BCUT2D eigenvalue weighted by Crippen LogP contribution is 2.27. The van der Waals surface area contributed by atoms with Crippen LogP contribution < -0.4 is 15.4 Å². The van der Waals surface area contributed by atoms with Gasteiger partial charge in [-0.15, -0.1) is 0 Å². The van der Waals surface area contributed by atoms with Crippen molar-refractivity contribution in [2.45, 2.75) is 6.92 Å². The molecule has 0 spiro atoms. The number of amides is 2. The van der Waals surface area contributed by atoms with Crippen molar-refractivity contribution < 1.29 is 23.6 Å². The van der Waals surface area contributed by atoms with Crippen LogP contribution in [0.2, 0.25) is 0 Å². The lowest BCUT2D eigenvalue weighted by molar-refractivity contribution is -0.385. The van der Waals surface area contributed by atoms with Gasteiger partial charge in [-0.05, 0) is 55.0 Å². The molecular weight excluding hydrogens is 405 g/mol. The third-order valence-corrected chi connectivity index (χ3v) is 4.22. The van der Waals surface area contributed by atoms with Gasteiger partial charge in [-0.3, -0.25) is 19.7 Å². The Balaban J connectivity index is 1.68. The summed E-state index contributed by atoms with van der Waals surface area (Å²) in [6.45, 7) is 1.25. The molecule has 0 aliphatic rings. The lowest BCUT2D eigenvalue weighted by Gasteiger charge is -2.12. The van der Waals surface area contributed by atoms with Gasteiger partial charge in [0.15, 0.2) is 12.4 Å². The monoisotopic (exact) mass is 423 g/mol.